The molecule has 0 saturated heterocycles. The fraction of sp³-hybridized carbons (Fsp3) is 0.545. The summed E-state index contributed by atoms with van der Waals surface area (Å²) in [6.45, 7) is 2.05. The second-order valence-electron chi connectivity index (χ2n) is 3.96. The third-order valence-corrected chi connectivity index (χ3v) is 3.35. The normalized spacial score (nSPS) is 18.2. The Morgan fingerprint density at radius 1 is 1.57 bits per heavy atom. The number of aromatic nitrogens is 1. The minimum Gasteiger partial charge on any atom is -0.378 e. The highest BCUT2D eigenvalue weighted by Crippen LogP contribution is 2.42. The summed E-state index contributed by atoms with van der Waals surface area (Å²) in [7, 11) is 1.80. The Bertz CT molecular complexity index is 347. The molecule has 0 unspecified atom stereocenters. The van der Waals surface area contributed by atoms with Gasteiger partial charge in [-0.1, -0.05) is 0 Å². The summed E-state index contributed by atoms with van der Waals surface area (Å²) < 4.78 is 6.55. The molecule has 1 aromatic rings. The quantitative estimate of drug-likeness (QED) is 0.829. The van der Waals surface area contributed by atoms with Crippen LogP contribution in [0.4, 0.5) is 0 Å². The van der Waals surface area contributed by atoms with Crippen molar-refractivity contribution < 1.29 is 4.74 Å². The van der Waals surface area contributed by atoms with Crippen LogP contribution in [0.25, 0.3) is 0 Å². The van der Waals surface area contributed by atoms with Crippen LogP contribution in [0.15, 0.2) is 16.7 Å². The summed E-state index contributed by atoms with van der Waals surface area (Å²) in [4.78, 5) is 4.32. The zero-order chi connectivity index (χ0) is 10.2. The van der Waals surface area contributed by atoms with Gasteiger partial charge in [0.05, 0.1) is 5.60 Å². The van der Waals surface area contributed by atoms with Gasteiger partial charge in [-0.05, 0) is 47.3 Å². The highest BCUT2D eigenvalue weighted by atomic mass is 79.9. The molecule has 1 saturated carbocycles. The van der Waals surface area contributed by atoms with Gasteiger partial charge in [0.25, 0.3) is 0 Å². The van der Waals surface area contributed by atoms with Crippen LogP contribution in [-0.4, -0.2) is 17.7 Å². The Labute approximate surface area is 92.8 Å². The SMILES string of the molecule is COC1(Cc2cc(Br)cnc2C)CC1. The molecule has 0 radical (unpaired) electrons. The number of methoxy groups -OCH3 is 1. The van der Waals surface area contributed by atoms with Crippen molar-refractivity contribution in [3.05, 3.63) is 28.0 Å². The van der Waals surface area contributed by atoms with Gasteiger partial charge in [0.2, 0.25) is 0 Å². The van der Waals surface area contributed by atoms with E-state index in [0.717, 1.165) is 16.6 Å². The molecule has 1 fully saturated rings. The molecule has 14 heavy (non-hydrogen) atoms. The van der Waals surface area contributed by atoms with Crippen LogP contribution in [0.5, 0.6) is 0 Å². The second-order valence-corrected chi connectivity index (χ2v) is 4.88. The standard InChI is InChI=1S/C11H14BrNO/c1-8-9(5-10(12)7-13-8)6-11(14-2)3-4-11/h5,7H,3-4,6H2,1-2H3. The molecule has 76 valence electrons. The Hall–Kier alpha value is -0.410. The van der Waals surface area contributed by atoms with Crippen molar-refractivity contribution in [1.82, 2.24) is 4.98 Å². The van der Waals surface area contributed by atoms with Crippen LogP contribution in [-0.2, 0) is 11.2 Å². The maximum atomic E-state index is 5.50. The lowest BCUT2D eigenvalue weighted by molar-refractivity contribution is 0.0805. The lowest BCUT2D eigenvalue weighted by atomic mass is 10.1. The van der Waals surface area contributed by atoms with E-state index in [2.05, 4.69) is 27.0 Å². The molecular formula is C11H14BrNO. The van der Waals surface area contributed by atoms with Crippen molar-refractivity contribution in [3.63, 3.8) is 0 Å². The van der Waals surface area contributed by atoms with E-state index in [9.17, 15) is 0 Å². The first-order valence-corrected chi connectivity index (χ1v) is 5.61. The van der Waals surface area contributed by atoms with Crippen LogP contribution >= 0.6 is 15.9 Å². The summed E-state index contributed by atoms with van der Waals surface area (Å²) >= 11 is 3.44. The third kappa shape index (κ3) is 1.98. The molecule has 0 spiro atoms. The van der Waals surface area contributed by atoms with Gasteiger partial charge in [-0.3, -0.25) is 4.98 Å². The molecule has 0 amide bonds. The summed E-state index contributed by atoms with van der Waals surface area (Å²) in [6.07, 6.45) is 5.18. The molecule has 1 heterocycles. The van der Waals surface area contributed by atoms with Crippen molar-refractivity contribution in [2.75, 3.05) is 7.11 Å². The highest BCUT2D eigenvalue weighted by Gasteiger charge is 2.43. The Kier molecular flexibility index (Phi) is 2.62. The van der Waals surface area contributed by atoms with Crippen molar-refractivity contribution in [1.29, 1.82) is 0 Å². The Morgan fingerprint density at radius 2 is 2.29 bits per heavy atom. The summed E-state index contributed by atoms with van der Waals surface area (Å²) in [5.41, 5.74) is 2.52. The molecule has 3 heteroatoms. The monoisotopic (exact) mass is 255 g/mol. The van der Waals surface area contributed by atoms with E-state index >= 15 is 0 Å². The molecule has 0 atom stereocenters. The molecule has 0 aromatic carbocycles. The first-order valence-electron chi connectivity index (χ1n) is 4.81. The fourth-order valence-electron chi connectivity index (χ4n) is 1.67. The molecular weight excluding hydrogens is 242 g/mol. The minimum absolute atomic E-state index is 0.118. The molecule has 1 aromatic heterocycles. The lowest BCUT2D eigenvalue weighted by Gasteiger charge is -2.14. The lowest BCUT2D eigenvalue weighted by Crippen LogP contribution is -2.16. The van der Waals surface area contributed by atoms with Gasteiger partial charge < -0.3 is 4.74 Å². The largest absolute Gasteiger partial charge is 0.378 e. The maximum Gasteiger partial charge on any atom is 0.0721 e. The van der Waals surface area contributed by atoms with Crippen LogP contribution in [0.2, 0.25) is 0 Å². The smallest absolute Gasteiger partial charge is 0.0721 e. The molecule has 2 nitrogen and oxygen atoms in total. The molecule has 0 aliphatic heterocycles. The van der Waals surface area contributed by atoms with Gasteiger partial charge >= 0.3 is 0 Å². The van der Waals surface area contributed by atoms with Crippen molar-refractivity contribution in [2.24, 2.45) is 0 Å². The Morgan fingerprint density at radius 3 is 2.86 bits per heavy atom. The van der Waals surface area contributed by atoms with E-state index in [1.165, 1.54) is 18.4 Å². The van der Waals surface area contributed by atoms with Gasteiger partial charge in [0, 0.05) is 29.9 Å². The van der Waals surface area contributed by atoms with E-state index in [0.29, 0.717) is 0 Å². The predicted octanol–water partition coefficient (Wildman–Crippen LogP) is 2.87. The fourth-order valence-corrected chi connectivity index (χ4v) is 2.05. The van der Waals surface area contributed by atoms with E-state index in [-0.39, 0.29) is 5.60 Å². The van der Waals surface area contributed by atoms with Crippen LogP contribution in [0.3, 0.4) is 0 Å². The average Bonchev–Trinajstić information content (AvgIpc) is 2.92. The van der Waals surface area contributed by atoms with Gasteiger partial charge in [0.15, 0.2) is 0 Å². The number of hydrogen-bond acceptors (Lipinski definition) is 2. The molecule has 2 rings (SSSR count). The number of rotatable bonds is 3. The minimum atomic E-state index is 0.118. The summed E-state index contributed by atoms with van der Waals surface area (Å²) in [5, 5.41) is 0. The molecule has 0 N–H and O–H groups in total. The summed E-state index contributed by atoms with van der Waals surface area (Å²) in [5.74, 6) is 0. The van der Waals surface area contributed by atoms with E-state index in [4.69, 9.17) is 4.74 Å². The van der Waals surface area contributed by atoms with Gasteiger partial charge in [-0.25, -0.2) is 0 Å². The Balaban J connectivity index is 2.20. The zero-order valence-electron chi connectivity index (χ0n) is 8.51. The first-order chi connectivity index (χ1) is 6.65. The van der Waals surface area contributed by atoms with E-state index in [1.807, 2.05) is 13.1 Å². The van der Waals surface area contributed by atoms with Crippen LogP contribution in [0, 0.1) is 6.92 Å². The third-order valence-electron chi connectivity index (χ3n) is 2.91. The van der Waals surface area contributed by atoms with E-state index < -0.39 is 0 Å². The first kappa shape index (κ1) is 10.1. The van der Waals surface area contributed by atoms with Crippen LogP contribution in [0.1, 0.15) is 24.1 Å². The highest BCUT2D eigenvalue weighted by molar-refractivity contribution is 9.10. The van der Waals surface area contributed by atoms with Crippen molar-refractivity contribution in [2.45, 2.75) is 31.8 Å². The zero-order valence-corrected chi connectivity index (χ0v) is 10.1. The number of hydrogen-bond donors (Lipinski definition) is 0. The number of halogens is 1. The van der Waals surface area contributed by atoms with Gasteiger partial charge in [-0.2, -0.15) is 0 Å². The van der Waals surface area contributed by atoms with Gasteiger partial charge in [-0.15, -0.1) is 0 Å². The van der Waals surface area contributed by atoms with Crippen molar-refractivity contribution >= 4 is 15.9 Å². The predicted molar refractivity (Wildman–Crippen MR) is 59.4 cm³/mol. The number of nitrogens with zero attached hydrogens (tertiary/aromatic N) is 1. The van der Waals surface area contributed by atoms with Crippen molar-refractivity contribution in [3.8, 4) is 0 Å². The van der Waals surface area contributed by atoms with Crippen LogP contribution < -0.4 is 0 Å². The molecule has 1 aliphatic rings. The summed E-state index contributed by atoms with van der Waals surface area (Å²) in [6, 6.07) is 2.14. The second kappa shape index (κ2) is 3.63. The molecule has 1 aliphatic carbocycles. The maximum absolute atomic E-state index is 5.50. The number of pyridine rings is 1. The van der Waals surface area contributed by atoms with E-state index in [1.54, 1.807) is 7.11 Å². The number of aryl methyl sites for hydroxylation is 1. The average molecular weight is 256 g/mol. The van der Waals surface area contributed by atoms with Gasteiger partial charge in [0.1, 0.15) is 0 Å². The topological polar surface area (TPSA) is 22.1 Å². The molecule has 0 bridgehead atoms. The number of ether oxygens (including phenoxy) is 1.